The fraction of sp³-hybridized carbons (Fsp3) is 0.600. The molecule has 0 fully saturated rings. The summed E-state index contributed by atoms with van der Waals surface area (Å²) in [7, 11) is 1.69. The average Bonchev–Trinajstić information content (AvgIpc) is 2.19. The van der Waals surface area contributed by atoms with E-state index >= 15 is 0 Å². The van der Waals surface area contributed by atoms with E-state index in [0.717, 1.165) is 31.0 Å². The van der Waals surface area contributed by atoms with Gasteiger partial charge in [0.1, 0.15) is 16.8 Å². The minimum absolute atomic E-state index is 0.511. The van der Waals surface area contributed by atoms with Crippen LogP contribution in [0.3, 0.4) is 0 Å². The number of halogens is 1. The first kappa shape index (κ1) is 12.2. The van der Waals surface area contributed by atoms with Gasteiger partial charge in [0.15, 0.2) is 0 Å². The SMILES string of the molecule is COCCCNc1nc(C)nc(Cl)c1C. The number of nitrogens with one attached hydrogen (secondary N) is 1. The summed E-state index contributed by atoms with van der Waals surface area (Å²) < 4.78 is 4.96. The molecule has 0 unspecified atom stereocenters. The van der Waals surface area contributed by atoms with Crippen molar-refractivity contribution in [3.63, 3.8) is 0 Å². The Hall–Kier alpha value is -0.870. The Bertz CT molecular complexity index is 331. The third-order valence-corrected chi connectivity index (χ3v) is 2.38. The Labute approximate surface area is 95.0 Å². The lowest BCUT2D eigenvalue weighted by Crippen LogP contribution is -2.09. The molecular weight excluding hydrogens is 214 g/mol. The predicted octanol–water partition coefficient (Wildman–Crippen LogP) is 2.20. The Morgan fingerprint density at radius 3 is 2.73 bits per heavy atom. The van der Waals surface area contributed by atoms with E-state index in [1.165, 1.54) is 0 Å². The van der Waals surface area contributed by atoms with Crippen molar-refractivity contribution in [2.24, 2.45) is 0 Å². The standard InChI is InChI=1S/C10H16ClN3O/c1-7-9(11)13-8(2)14-10(7)12-5-4-6-15-3/h4-6H2,1-3H3,(H,12,13,14). The number of rotatable bonds is 5. The van der Waals surface area contributed by atoms with Gasteiger partial charge in [0.2, 0.25) is 0 Å². The highest BCUT2D eigenvalue weighted by Gasteiger charge is 2.06. The number of aromatic nitrogens is 2. The summed E-state index contributed by atoms with van der Waals surface area (Å²) in [5.41, 5.74) is 0.889. The van der Waals surface area contributed by atoms with E-state index in [4.69, 9.17) is 16.3 Å². The molecule has 0 aliphatic heterocycles. The van der Waals surface area contributed by atoms with Crippen LogP contribution in [0.5, 0.6) is 0 Å². The van der Waals surface area contributed by atoms with Crippen molar-refractivity contribution in [1.29, 1.82) is 0 Å². The van der Waals surface area contributed by atoms with Crippen molar-refractivity contribution in [3.8, 4) is 0 Å². The molecule has 0 aromatic carbocycles. The van der Waals surface area contributed by atoms with Crippen molar-refractivity contribution in [1.82, 2.24) is 9.97 Å². The molecule has 5 heteroatoms. The van der Waals surface area contributed by atoms with E-state index in [1.807, 2.05) is 13.8 Å². The highest BCUT2D eigenvalue weighted by Crippen LogP contribution is 2.19. The second-order valence-corrected chi connectivity index (χ2v) is 3.67. The van der Waals surface area contributed by atoms with E-state index in [9.17, 15) is 0 Å². The second-order valence-electron chi connectivity index (χ2n) is 3.31. The minimum Gasteiger partial charge on any atom is -0.385 e. The van der Waals surface area contributed by atoms with Crippen molar-refractivity contribution in [3.05, 3.63) is 16.5 Å². The molecule has 1 aromatic rings. The summed E-state index contributed by atoms with van der Waals surface area (Å²) >= 11 is 5.94. The molecule has 1 heterocycles. The molecule has 84 valence electrons. The van der Waals surface area contributed by atoms with Crippen LogP contribution in [-0.2, 0) is 4.74 Å². The van der Waals surface area contributed by atoms with E-state index in [2.05, 4.69) is 15.3 Å². The normalized spacial score (nSPS) is 10.4. The first-order valence-corrected chi connectivity index (χ1v) is 5.26. The molecule has 1 aromatic heterocycles. The second kappa shape index (κ2) is 5.88. The van der Waals surface area contributed by atoms with Crippen LogP contribution in [0, 0.1) is 13.8 Å². The maximum atomic E-state index is 5.94. The smallest absolute Gasteiger partial charge is 0.137 e. The summed E-state index contributed by atoms with van der Waals surface area (Å²) in [5, 5.41) is 3.72. The number of nitrogens with zero attached hydrogens (tertiary/aromatic N) is 2. The van der Waals surface area contributed by atoms with Crippen molar-refractivity contribution >= 4 is 17.4 Å². The Morgan fingerprint density at radius 2 is 2.07 bits per heavy atom. The first-order valence-electron chi connectivity index (χ1n) is 4.88. The van der Waals surface area contributed by atoms with Crippen molar-refractivity contribution in [2.75, 3.05) is 25.6 Å². The largest absolute Gasteiger partial charge is 0.385 e. The van der Waals surface area contributed by atoms with E-state index in [1.54, 1.807) is 7.11 Å². The highest BCUT2D eigenvalue weighted by molar-refractivity contribution is 6.30. The minimum atomic E-state index is 0.511. The van der Waals surface area contributed by atoms with Gasteiger partial charge in [-0.05, 0) is 20.3 Å². The van der Waals surface area contributed by atoms with Crippen LogP contribution >= 0.6 is 11.6 Å². The van der Waals surface area contributed by atoms with Crippen LogP contribution in [0.2, 0.25) is 5.15 Å². The first-order chi connectivity index (χ1) is 7.15. The van der Waals surface area contributed by atoms with Crippen molar-refractivity contribution < 1.29 is 4.74 Å². The summed E-state index contributed by atoms with van der Waals surface area (Å²) in [6, 6.07) is 0. The van der Waals surface area contributed by atoms with Crippen LogP contribution < -0.4 is 5.32 Å². The van der Waals surface area contributed by atoms with Gasteiger partial charge in [-0.2, -0.15) is 0 Å². The Kier molecular flexibility index (Phi) is 4.78. The van der Waals surface area contributed by atoms with Gasteiger partial charge in [0.25, 0.3) is 0 Å². The highest BCUT2D eigenvalue weighted by atomic mass is 35.5. The van der Waals surface area contributed by atoms with E-state index in [-0.39, 0.29) is 0 Å². The molecule has 0 spiro atoms. The molecular formula is C10H16ClN3O. The molecule has 0 saturated carbocycles. The fourth-order valence-electron chi connectivity index (χ4n) is 1.19. The Morgan fingerprint density at radius 1 is 1.33 bits per heavy atom. The predicted molar refractivity (Wildman–Crippen MR) is 61.5 cm³/mol. The number of ether oxygens (including phenoxy) is 1. The van der Waals surface area contributed by atoms with Gasteiger partial charge in [-0.1, -0.05) is 11.6 Å². The molecule has 15 heavy (non-hydrogen) atoms. The summed E-state index contributed by atoms with van der Waals surface area (Å²) in [6.45, 7) is 5.29. The van der Waals surface area contributed by atoms with Crippen LogP contribution in [0.4, 0.5) is 5.82 Å². The third kappa shape index (κ3) is 3.64. The van der Waals surface area contributed by atoms with Crippen molar-refractivity contribution in [2.45, 2.75) is 20.3 Å². The molecule has 0 aliphatic rings. The number of hydrogen-bond acceptors (Lipinski definition) is 4. The van der Waals surface area contributed by atoms with E-state index in [0.29, 0.717) is 11.0 Å². The lowest BCUT2D eigenvalue weighted by Gasteiger charge is -2.09. The van der Waals surface area contributed by atoms with Crippen LogP contribution in [0.15, 0.2) is 0 Å². The van der Waals surface area contributed by atoms with Gasteiger partial charge < -0.3 is 10.1 Å². The third-order valence-electron chi connectivity index (χ3n) is 2.02. The molecule has 0 saturated heterocycles. The van der Waals surface area contributed by atoms with Gasteiger partial charge in [-0.3, -0.25) is 0 Å². The summed E-state index contributed by atoms with van der Waals surface area (Å²) in [4.78, 5) is 8.35. The molecule has 0 radical (unpaired) electrons. The lowest BCUT2D eigenvalue weighted by atomic mass is 10.3. The topological polar surface area (TPSA) is 47.0 Å². The van der Waals surface area contributed by atoms with Gasteiger partial charge in [-0.25, -0.2) is 9.97 Å². The number of aryl methyl sites for hydroxylation is 1. The summed E-state index contributed by atoms with van der Waals surface area (Å²) in [6.07, 6.45) is 0.941. The molecule has 1 N–H and O–H groups in total. The monoisotopic (exact) mass is 229 g/mol. The zero-order chi connectivity index (χ0) is 11.3. The molecule has 0 atom stereocenters. The molecule has 0 amide bonds. The van der Waals surface area contributed by atoms with Crippen LogP contribution in [0.25, 0.3) is 0 Å². The zero-order valence-corrected chi connectivity index (χ0v) is 10.1. The zero-order valence-electron chi connectivity index (χ0n) is 9.30. The van der Waals surface area contributed by atoms with E-state index < -0.39 is 0 Å². The van der Waals surface area contributed by atoms with Gasteiger partial charge in [0.05, 0.1) is 0 Å². The van der Waals surface area contributed by atoms with Gasteiger partial charge >= 0.3 is 0 Å². The number of anilines is 1. The molecule has 0 aliphatic carbocycles. The quantitative estimate of drug-likeness (QED) is 0.621. The molecule has 1 rings (SSSR count). The van der Waals surface area contributed by atoms with Crippen LogP contribution in [-0.4, -0.2) is 30.2 Å². The maximum Gasteiger partial charge on any atom is 0.137 e. The fourth-order valence-corrected chi connectivity index (χ4v) is 1.40. The van der Waals surface area contributed by atoms with Crippen LogP contribution in [0.1, 0.15) is 17.8 Å². The van der Waals surface area contributed by atoms with Gasteiger partial charge in [-0.15, -0.1) is 0 Å². The number of hydrogen-bond donors (Lipinski definition) is 1. The molecule has 4 nitrogen and oxygen atoms in total. The molecule has 0 bridgehead atoms. The average molecular weight is 230 g/mol. The maximum absolute atomic E-state index is 5.94. The Balaban J connectivity index is 2.60. The van der Waals surface area contributed by atoms with Gasteiger partial charge in [0, 0.05) is 25.8 Å². The lowest BCUT2D eigenvalue weighted by molar-refractivity contribution is 0.197. The summed E-state index contributed by atoms with van der Waals surface area (Å²) in [5.74, 6) is 1.49. The number of methoxy groups -OCH3 is 1.